The Balaban J connectivity index is 1.75. The second-order valence-electron chi connectivity index (χ2n) is 7.69. The number of rotatable bonds is 4. The molecule has 178 valence electrons. The molecule has 0 aliphatic carbocycles. The van der Waals surface area contributed by atoms with Gasteiger partial charge in [0.2, 0.25) is 5.95 Å². The van der Waals surface area contributed by atoms with E-state index in [2.05, 4.69) is 20.2 Å². The summed E-state index contributed by atoms with van der Waals surface area (Å²) in [5, 5.41) is 10.0. The third-order valence-electron chi connectivity index (χ3n) is 5.40. The molecule has 0 spiro atoms. The number of nitrogen functional groups attached to an aromatic ring is 1. The first-order chi connectivity index (χ1) is 16.6. The zero-order valence-corrected chi connectivity index (χ0v) is 20.6. The van der Waals surface area contributed by atoms with E-state index in [9.17, 15) is 13.0 Å². The van der Waals surface area contributed by atoms with Gasteiger partial charge in [-0.2, -0.15) is 15.2 Å². The molecule has 3 aromatic heterocycles. The van der Waals surface area contributed by atoms with E-state index >= 15 is 0 Å². The third-order valence-corrected chi connectivity index (χ3v) is 6.88. The maximum atomic E-state index is 11.4. The number of aryl methyl sites for hydroxylation is 2. The quantitative estimate of drug-likeness (QED) is 0.343. The van der Waals surface area contributed by atoms with Crippen LogP contribution in [0.1, 0.15) is 11.4 Å². The number of benzene rings is 2. The summed E-state index contributed by atoms with van der Waals surface area (Å²) in [5.74, 6) is -0.0357. The van der Waals surface area contributed by atoms with Gasteiger partial charge < -0.3 is 10.3 Å². The molecule has 0 saturated carbocycles. The summed E-state index contributed by atoms with van der Waals surface area (Å²) >= 11 is 13.1. The van der Waals surface area contributed by atoms with Crippen molar-refractivity contribution in [1.82, 2.24) is 29.5 Å². The normalized spacial score (nSPS) is 11.9. The van der Waals surface area contributed by atoms with E-state index in [-0.39, 0.29) is 11.0 Å². The van der Waals surface area contributed by atoms with Crippen LogP contribution in [0, 0.1) is 13.8 Å². The van der Waals surface area contributed by atoms with Gasteiger partial charge in [0, 0.05) is 0 Å². The third kappa shape index (κ3) is 3.92. The molecule has 0 aliphatic heterocycles. The summed E-state index contributed by atoms with van der Waals surface area (Å²) in [6, 6.07) is 13.0. The maximum absolute atomic E-state index is 11.4. The monoisotopic (exact) mass is 528 g/mol. The lowest BCUT2D eigenvalue weighted by atomic mass is 10.1. The minimum Gasteiger partial charge on any atom is -0.744 e. The molecular formula is C22H16Cl2N7O3S-. The molecule has 0 saturated heterocycles. The Morgan fingerprint density at radius 3 is 2.29 bits per heavy atom. The smallest absolute Gasteiger partial charge is 0.222 e. The number of halogens is 2. The van der Waals surface area contributed by atoms with Crippen molar-refractivity contribution < 1.29 is 13.0 Å². The Bertz CT molecular complexity index is 1730. The van der Waals surface area contributed by atoms with Gasteiger partial charge in [-0.15, -0.1) is 0 Å². The molecule has 10 nitrogen and oxygen atoms in total. The fourth-order valence-electron chi connectivity index (χ4n) is 3.87. The number of hydrogen-bond donors (Lipinski definition) is 1. The largest absolute Gasteiger partial charge is 0.744 e. The van der Waals surface area contributed by atoms with Crippen LogP contribution < -0.4 is 5.73 Å². The predicted molar refractivity (Wildman–Crippen MR) is 131 cm³/mol. The zero-order chi connectivity index (χ0) is 25.1. The van der Waals surface area contributed by atoms with Crippen molar-refractivity contribution in [3.8, 4) is 22.6 Å². The number of nitrogens with two attached hydrogens (primary N) is 1. The van der Waals surface area contributed by atoms with Gasteiger partial charge in [-0.3, -0.25) is 0 Å². The first kappa shape index (κ1) is 23.2. The van der Waals surface area contributed by atoms with Crippen LogP contribution in [0.2, 0.25) is 10.2 Å². The van der Waals surface area contributed by atoms with Gasteiger partial charge in [-0.05, 0) is 44.2 Å². The van der Waals surface area contributed by atoms with Crippen LogP contribution in [-0.2, 0) is 10.1 Å². The molecule has 13 heteroatoms. The minimum atomic E-state index is -4.67. The van der Waals surface area contributed by atoms with Crippen molar-refractivity contribution in [1.29, 1.82) is 0 Å². The zero-order valence-electron chi connectivity index (χ0n) is 18.3. The summed E-state index contributed by atoms with van der Waals surface area (Å²) < 4.78 is 37.1. The maximum Gasteiger partial charge on any atom is 0.222 e. The highest BCUT2D eigenvalue weighted by atomic mass is 35.5. The molecule has 0 fully saturated rings. The first-order valence-corrected chi connectivity index (χ1v) is 12.3. The highest BCUT2D eigenvalue weighted by molar-refractivity contribution is 7.85. The van der Waals surface area contributed by atoms with Crippen LogP contribution in [0.5, 0.6) is 0 Å². The summed E-state index contributed by atoms with van der Waals surface area (Å²) in [5.41, 5.74) is 9.66. The SMILES string of the molecule is Cc1nn(-c2ccccc2)c(Cl)c1-c1nc(N)nc2c1c(C)nn2-c1ccc(S(=O)(=O)[O-])cc1Cl. The van der Waals surface area contributed by atoms with E-state index in [1.54, 1.807) is 11.6 Å². The summed E-state index contributed by atoms with van der Waals surface area (Å²) in [6.45, 7) is 3.57. The van der Waals surface area contributed by atoms with E-state index < -0.39 is 15.0 Å². The summed E-state index contributed by atoms with van der Waals surface area (Å²) in [4.78, 5) is 8.36. The van der Waals surface area contributed by atoms with Crippen molar-refractivity contribution in [2.45, 2.75) is 18.7 Å². The number of nitrogens with zero attached hydrogens (tertiary/aromatic N) is 6. The number of anilines is 1. The summed E-state index contributed by atoms with van der Waals surface area (Å²) in [6.07, 6.45) is 0. The first-order valence-electron chi connectivity index (χ1n) is 10.2. The molecule has 5 aromatic rings. The average molecular weight is 529 g/mol. The average Bonchev–Trinajstić information content (AvgIpc) is 3.28. The van der Waals surface area contributed by atoms with Gasteiger partial charge in [0.05, 0.1) is 49.3 Å². The molecule has 5 rings (SSSR count). The van der Waals surface area contributed by atoms with E-state index in [0.29, 0.717) is 44.5 Å². The molecule has 0 amide bonds. The van der Waals surface area contributed by atoms with E-state index in [4.69, 9.17) is 28.9 Å². The van der Waals surface area contributed by atoms with Crippen molar-refractivity contribution in [3.63, 3.8) is 0 Å². The van der Waals surface area contributed by atoms with Crippen LogP contribution in [0.15, 0.2) is 53.4 Å². The lowest BCUT2D eigenvalue weighted by molar-refractivity contribution is 0.463. The topological polar surface area (TPSA) is 145 Å². The summed E-state index contributed by atoms with van der Waals surface area (Å²) in [7, 11) is -4.67. The van der Waals surface area contributed by atoms with Crippen molar-refractivity contribution in [2.75, 3.05) is 5.73 Å². The fraction of sp³-hybridized carbons (Fsp3) is 0.0909. The molecule has 2 N–H and O–H groups in total. The molecule has 0 unspecified atom stereocenters. The number of hydrogen-bond acceptors (Lipinski definition) is 8. The van der Waals surface area contributed by atoms with E-state index in [1.807, 2.05) is 37.3 Å². The van der Waals surface area contributed by atoms with Crippen LogP contribution >= 0.6 is 23.2 Å². The Kier molecular flexibility index (Phi) is 5.52. The lowest BCUT2D eigenvalue weighted by Gasteiger charge is -2.11. The molecule has 2 aromatic carbocycles. The number of aromatic nitrogens is 6. The lowest BCUT2D eigenvalue weighted by Crippen LogP contribution is -2.04. The number of para-hydroxylation sites is 1. The number of fused-ring (bicyclic) bond motifs is 1. The minimum absolute atomic E-state index is 0.00355. The standard InChI is InChI=1S/C22H17Cl2N7O3S/c1-11-17(20(24)30(28-11)13-6-4-3-5-7-13)19-18-12(2)29-31(21(18)27-22(25)26-19)16-9-8-14(10-15(16)23)35(32,33)34/h3-10H,1-2H3,(H2,25,26,27)(H,32,33,34)/p-1. The van der Waals surface area contributed by atoms with Crippen LogP contribution in [0.25, 0.3) is 33.7 Å². The van der Waals surface area contributed by atoms with Gasteiger partial charge in [-0.1, -0.05) is 41.4 Å². The second-order valence-corrected chi connectivity index (χ2v) is 9.84. The Labute approximate surface area is 209 Å². The van der Waals surface area contributed by atoms with E-state index in [1.165, 1.54) is 10.7 Å². The molecule has 0 radical (unpaired) electrons. The molecule has 0 bridgehead atoms. The molecule has 3 heterocycles. The highest BCUT2D eigenvalue weighted by Gasteiger charge is 2.25. The Hall–Kier alpha value is -3.51. The van der Waals surface area contributed by atoms with Gasteiger partial charge in [0.25, 0.3) is 0 Å². The van der Waals surface area contributed by atoms with Gasteiger partial charge >= 0.3 is 0 Å². The van der Waals surface area contributed by atoms with E-state index in [0.717, 1.165) is 17.8 Å². The van der Waals surface area contributed by atoms with Gasteiger partial charge in [-0.25, -0.2) is 22.8 Å². The van der Waals surface area contributed by atoms with Crippen LogP contribution in [0.3, 0.4) is 0 Å². The fourth-order valence-corrected chi connectivity index (χ4v) is 5.06. The van der Waals surface area contributed by atoms with Crippen LogP contribution in [-0.4, -0.2) is 42.5 Å². The van der Waals surface area contributed by atoms with Crippen molar-refractivity contribution in [2.24, 2.45) is 0 Å². The predicted octanol–water partition coefficient (Wildman–Crippen LogP) is 4.08. The Morgan fingerprint density at radius 1 is 0.943 bits per heavy atom. The van der Waals surface area contributed by atoms with Gasteiger partial charge in [0.15, 0.2) is 5.65 Å². The molecular weight excluding hydrogens is 513 g/mol. The van der Waals surface area contributed by atoms with Crippen LogP contribution in [0.4, 0.5) is 5.95 Å². The molecule has 0 atom stereocenters. The van der Waals surface area contributed by atoms with Crippen molar-refractivity contribution in [3.05, 3.63) is 70.1 Å². The molecule has 35 heavy (non-hydrogen) atoms. The Morgan fingerprint density at radius 2 is 1.63 bits per heavy atom. The second kappa shape index (κ2) is 8.31. The van der Waals surface area contributed by atoms with Crippen molar-refractivity contribution >= 4 is 50.3 Å². The van der Waals surface area contributed by atoms with Gasteiger partial charge in [0.1, 0.15) is 15.3 Å². The molecule has 0 aliphatic rings. The highest BCUT2D eigenvalue weighted by Crippen LogP contribution is 2.38.